The lowest BCUT2D eigenvalue weighted by Gasteiger charge is -2.15. The van der Waals surface area contributed by atoms with Gasteiger partial charge < -0.3 is 19.6 Å². The molecule has 3 aromatic carbocycles. The van der Waals surface area contributed by atoms with Crippen molar-refractivity contribution in [3.8, 4) is 22.6 Å². The lowest BCUT2D eigenvalue weighted by atomic mass is 10.0. The molecule has 5 aromatic rings. The molecule has 0 radical (unpaired) electrons. The first-order valence-corrected chi connectivity index (χ1v) is 13.4. The number of nitrogens with one attached hydrogen (secondary N) is 2. The topological polar surface area (TPSA) is 93.2 Å². The molecule has 188 valence electrons. The van der Waals surface area contributed by atoms with Crippen LogP contribution in [0.5, 0.6) is 11.5 Å². The maximum Gasteiger partial charge on any atom is 0.274 e. The van der Waals surface area contributed by atoms with Crippen molar-refractivity contribution >= 4 is 26.4 Å². The van der Waals surface area contributed by atoms with Crippen molar-refractivity contribution in [1.82, 2.24) is 9.55 Å². The van der Waals surface area contributed by atoms with E-state index in [0.29, 0.717) is 40.1 Å². The maximum atomic E-state index is 13.2. The van der Waals surface area contributed by atoms with Gasteiger partial charge in [0, 0.05) is 60.5 Å². The minimum Gasteiger partial charge on any atom is -0.457 e. The van der Waals surface area contributed by atoms with Crippen LogP contribution in [0.15, 0.2) is 94.9 Å². The average molecular weight is 518 g/mol. The van der Waals surface area contributed by atoms with Gasteiger partial charge in [0.15, 0.2) is 9.84 Å². The summed E-state index contributed by atoms with van der Waals surface area (Å²) in [7, 11) is -1.85. The normalized spacial score (nSPS) is 11.5. The quantitative estimate of drug-likeness (QED) is 0.298. The summed E-state index contributed by atoms with van der Waals surface area (Å²) >= 11 is 0. The fraction of sp³-hybridized carbons (Fsp3) is 0.107. The molecule has 0 aliphatic heterocycles. The van der Waals surface area contributed by atoms with Gasteiger partial charge in [-0.15, -0.1) is 0 Å². The SMILES string of the molecule is Cn1cc(-c2cc(S(C)(=O)=O)ccc2Oc2cccc(NCc3ccc(F)cc3)c2)c2cc[nH]c2c1=O. The van der Waals surface area contributed by atoms with Gasteiger partial charge in [-0.2, -0.15) is 0 Å². The second-order valence-corrected chi connectivity index (χ2v) is 10.8. The second-order valence-electron chi connectivity index (χ2n) is 8.77. The molecule has 2 N–H and O–H groups in total. The van der Waals surface area contributed by atoms with E-state index in [1.54, 1.807) is 55.8 Å². The number of benzene rings is 3. The third-order valence-corrected chi connectivity index (χ3v) is 7.15. The molecule has 37 heavy (non-hydrogen) atoms. The van der Waals surface area contributed by atoms with E-state index >= 15 is 0 Å². The number of rotatable bonds is 7. The number of aromatic nitrogens is 2. The second kappa shape index (κ2) is 9.59. The molecule has 5 rings (SSSR count). The molecule has 0 bridgehead atoms. The first-order valence-electron chi connectivity index (χ1n) is 11.5. The zero-order valence-corrected chi connectivity index (χ0v) is 21.0. The molecule has 0 fully saturated rings. The molecule has 0 atom stereocenters. The van der Waals surface area contributed by atoms with Crippen LogP contribution in [0.4, 0.5) is 10.1 Å². The van der Waals surface area contributed by atoms with E-state index in [0.717, 1.165) is 17.5 Å². The van der Waals surface area contributed by atoms with Crippen LogP contribution < -0.4 is 15.6 Å². The third-order valence-electron chi connectivity index (χ3n) is 6.04. The Morgan fingerprint density at radius 3 is 2.54 bits per heavy atom. The number of sulfone groups is 1. The molecule has 0 aliphatic rings. The highest BCUT2D eigenvalue weighted by molar-refractivity contribution is 7.90. The number of fused-ring (bicyclic) bond motifs is 1. The number of H-pyrrole nitrogens is 1. The van der Waals surface area contributed by atoms with Crippen molar-refractivity contribution in [3.63, 3.8) is 0 Å². The number of aryl methyl sites for hydroxylation is 1. The largest absolute Gasteiger partial charge is 0.457 e. The van der Waals surface area contributed by atoms with Gasteiger partial charge in [-0.25, -0.2) is 12.8 Å². The van der Waals surface area contributed by atoms with Crippen LogP contribution in [0.25, 0.3) is 22.0 Å². The summed E-state index contributed by atoms with van der Waals surface area (Å²) in [5.74, 6) is 0.684. The van der Waals surface area contributed by atoms with Crippen LogP contribution >= 0.6 is 0 Å². The minimum absolute atomic E-state index is 0.141. The Kier molecular flexibility index (Phi) is 6.31. The Morgan fingerprint density at radius 2 is 1.78 bits per heavy atom. The number of ether oxygens (including phenoxy) is 1. The van der Waals surface area contributed by atoms with Gasteiger partial charge in [-0.05, 0) is 54.1 Å². The van der Waals surface area contributed by atoms with Crippen molar-refractivity contribution in [1.29, 1.82) is 0 Å². The first-order chi connectivity index (χ1) is 17.7. The van der Waals surface area contributed by atoms with Crippen molar-refractivity contribution in [2.75, 3.05) is 11.6 Å². The van der Waals surface area contributed by atoms with Crippen LogP contribution in [0.1, 0.15) is 5.56 Å². The molecule has 0 aliphatic carbocycles. The van der Waals surface area contributed by atoms with Gasteiger partial charge in [0.05, 0.1) is 4.90 Å². The van der Waals surface area contributed by atoms with E-state index in [9.17, 15) is 17.6 Å². The molecular weight excluding hydrogens is 493 g/mol. The highest BCUT2D eigenvalue weighted by Gasteiger charge is 2.18. The highest BCUT2D eigenvalue weighted by Crippen LogP contribution is 2.38. The molecule has 7 nitrogen and oxygen atoms in total. The summed E-state index contributed by atoms with van der Waals surface area (Å²) in [5.41, 5.74) is 3.15. The molecule has 2 aromatic heterocycles. The highest BCUT2D eigenvalue weighted by atomic mass is 32.2. The Morgan fingerprint density at radius 1 is 1.00 bits per heavy atom. The number of hydrogen-bond acceptors (Lipinski definition) is 5. The molecule has 9 heteroatoms. The standard InChI is InChI=1S/C28H24FN3O4S/c1-32-17-25(23-12-13-30-27(23)28(32)33)24-15-22(37(2,34)35)10-11-26(24)36-21-5-3-4-20(14-21)31-16-18-6-8-19(29)9-7-18/h3-15,17,30-31H,16H2,1-2H3. The fourth-order valence-corrected chi connectivity index (χ4v) is 4.77. The smallest absolute Gasteiger partial charge is 0.274 e. The Balaban J connectivity index is 1.53. The summed E-state index contributed by atoms with van der Waals surface area (Å²) in [4.78, 5) is 15.7. The minimum atomic E-state index is -3.49. The number of hydrogen-bond donors (Lipinski definition) is 2. The summed E-state index contributed by atoms with van der Waals surface area (Å²) in [5, 5.41) is 3.95. The lowest BCUT2D eigenvalue weighted by molar-refractivity contribution is 0.484. The predicted molar refractivity (Wildman–Crippen MR) is 142 cm³/mol. The van der Waals surface area contributed by atoms with Crippen molar-refractivity contribution < 1.29 is 17.5 Å². The summed E-state index contributed by atoms with van der Waals surface area (Å²) in [6.07, 6.45) is 4.50. The average Bonchev–Trinajstić information content (AvgIpc) is 3.36. The van der Waals surface area contributed by atoms with E-state index in [-0.39, 0.29) is 16.3 Å². The van der Waals surface area contributed by atoms with Crippen LogP contribution in [0, 0.1) is 5.82 Å². The number of nitrogens with zero attached hydrogens (tertiary/aromatic N) is 1. The van der Waals surface area contributed by atoms with Gasteiger partial charge in [0.1, 0.15) is 22.8 Å². The molecule has 0 spiro atoms. The van der Waals surface area contributed by atoms with Crippen molar-refractivity contribution in [2.24, 2.45) is 7.05 Å². The molecule has 0 unspecified atom stereocenters. The van der Waals surface area contributed by atoms with Crippen molar-refractivity contribution in [3.05, 3.63) is 107 Å². The summed E-state index contributed by atoms with van der Waals surface area (Å²) in [6, 6.07) is 20.1. The fourth-order valence-electron chi connectivity index (χ4n) is 4.13. The number of aromatic amines is 1. The van der Waals surface area contributed by atoms with Gasteiger partial charge in [-0.3, -0.25) is 4.79 Å². The number of pyridine rings is 1. The molecule has 2 heterocycles. The van der Waals surface area contributed by atoms with Crippen LogP contribution in [0.3, 0.4) is 0 Å². The first kappa shape index (κ1) is 24.3. The van der Waals surface area contributed by atoms with E-state index < -0.39 is 9.84 Å². The van der Waals surface area contributed by atoms with E-state index in [1.807, 2.05) is 18.2 Å². The van der Waals surface area contributed by atoms with Crippen LogP contribution in [-0.4, -0.2) is 24.2 Å². The number of anilines is 1. The van der Waals surface area contributed by atoms with Crippen molar-refractivity contribution in [2.45, 2.75) is 11.4 Å². The Bertz CT molecular complexity index is 1770. The van der Waals surface area contributed by atoms with E-state index in [2.05, 4.69) is 10.3 Å². The summed E-state index contributed by atoms with van der Waals surface area (Å²) in [6.45, 7) is 0.502. The zero-order chi connectivity index (χ0) is 26.2. The number of halogens is 1. The zero-order valence-electron chi connectivity index (χ0n) is 20.2. The predicted octanol–water partition coefficient (Wildman–Crippen LogP) is 5.48. The lowest BCUT2D eigenvalue weighted by Crippen LogP contribution is -2.16. The van der Waals surface area contributed by atoms with Crippen LogP contribution in [-0.2, 0) is 23.4 Å². The molecule has 0 saturated heterocycles. The van der Waals surface area contributed by atoms with Gasteiger partial charge >= 0.3 is 0 Å². The van der Waals surface area contributed by atoms with Gasteiger partial charge in [0.25, 0.3) is 5.56 Å². The Labute approximate surface area is 213 Å². The monoisotopic (exact) mass is 517 g/mol. The van der Waals surface area contributed by atoms with Gasteiger partial charge in [0.2, 0.25) is 0 Å². The summed E-state index contributed by atoms with van der Waals surface area (Å²) < 4.78 is 45.6. The van der Waals surface area contributed by atoms with E-state index in [4.69, 9.17) is 4.74 Å². The molecule has 0 saturated carbocycles. The molecular formula is C28H24FN3O4S. The molecule has 0 amide bonds. The third kappa shape index (κ3) is 5.12. The Hall–Kier alpha value is -4.37. The van der Waals surface area contributed by atoms with E-state index in [1.165, 1.54) is 22.8 Å². The van der Waals surface area contributed by atoms with Gasteiger partial charge in [-0.1, -0.05) is 18.2 Å². The van der Waals surface area contributed by atoms with Crippen LogP contribution in [0.2, 0.25) is 0 Å². The maximum absolute atomic E-state index is 13.2.